The molecule has 3 heteroatoms. The van der Waals surface area contributed by atoms with Crippen molar-refractivity contribution in [2.45, 2.75) is 19.1 Å². The first-order chi connectivity index (χ1) is 7.43. The van der Waals surface area contributed by atoms with Crippen LogP contribution in [0.4, 0.5) is 0 Å². The SMILES string of the molecule is c1ccc2c(c1)OC(C1CCNCC1)O2. The minimum Gasteiger partial charge on any atom is -0.451 e. The quantitative estimate of drug-likeness (QED) is 0.758. The van der Waals surface area contributed by atoms with Crippen molar-refractivity contribution < 1.29 is 9.47 Å². The topological polar surface area (TPSA) is 30.5 Å². The van der Waals surface area contributed by atoms with Gasteiger partial charge in [0.05, 0.1) is 0 Å². The second-order valence-electron chi connectivity index (χ2n) is 4.14. The van der Waals surface area contributed by atoms with E-state index in [1.807, 2.05) is 24.3 Å². The van der Waals surface area contributed by atoms with E-state index in [9.17, 15) is 0 Å². The van der Waals surface area contributed by atoms with E-state index in [4.69, 9.17) is 9.47 Å². The Balaban J connectivity index is 1.72. The highest BCUT2D eigenvalue weighted by atomic mass is 16.7. The van der Waals surface area contributed by atoms with Gasteiger partial charge in [-0.1, -0.05) is 12.1 Å². The number of hydrogen-bond acceptors (Lipinski definition) is 3. The van der Waals surface area contributed by atoms with Crippen LogP contribution in [-0.2, 0) is 0 Å². The van der Waals surface area contributed by atoms with Crippen LogP contribution < -0.4 is 14.8 Å². The van der Waals surface area contributed by atoms with Crippen molar-refractivity contribution in [1.82, 2.24) is 5.32 Å². The van der Waals surface area contributed by atoms with Gasteiger partial charge in [0, 0.05) is 5.92 Å². The highest BCUT2D eigenvalue weighted by Gasteiger charge is 2.32. The van der Waals surface area contributed by atoms with Gasteiger partial charge in [0.2, 0.25) is 6.29 Å². The summed E-state index contributed by atoms with van der Waals surface area (Å²) >= 11 is 0. The summed E-state index contributed by atoms with van der Waals surface area (Å²) in [6, 6.07) is 7.90. The number of fused-ring (bicyclic) bond motifs is 1. The summed E-state index contributed by atoms with van der Waals surface area (Å²) in [4.78, 5) is 0. The molecular formula is C12H15NO2. The molecule has 0 atom stereocenters. The Labute approximate surface area is 89.4 Å². The van der Waals surface area contributed by atoms with Crippen LogP contribution in [0.3, 0.4) is 0 Å². The predicted octanol–water partition coefficient (Wildman–Crippen LogP) is 1.78. The van der Waals surface area contributed by atoms with Crippen LogP contribution >= 0.6 is 0 Å². The first-order valence-corrected chi connectivity index (χ1v) is 5.56. The van der Waals surface area contributed by atoms with Crippen molar-refractivity contribution in [2.75, 3.05) is 13.1 Å². The molecule has 3 rings (SSSR count). The summed E-state index contributed by atoms with van der Waals surface area (Å²) in [5.41, 5.74) is 0. The maximum Gasteiger partial charge on any atom is 0.244 e. The molecule has 0 amide bonds. The third-order valence-corrected chi connectivity index (χ3v) is 3.10. The molecule has 0 saturated carbocycles. The number of ether oxygens (including phenoxy) is 2. The Bertz CT molecular complexity index is 322. The Morgan fingerprint density at radius 3 is 2.20 bits per heavy atom. The highest BCUT2D eigenvalue weighted by molar-refractivity contribution is 5.41. The first-order valence-electron chi connectivity index (χ1n) is 5.56. The molecule has 2 heterocycles. The van der Waals surface area contributed by atoms with Crippen molar-refractivity contribution in [1.29, 1.82) is 0 Å². The van der Waals surface area contributed by atoms with Gasteiger partial charge in [-0.25, -0.2) is 0 Å². The predicted molar refractivity (Wildman–Crippen MR) is 57.1 cm³/mol. The zero-order valence-corrected chi connectivity index (χ0v) is 8.61. The van der Waals surface area contributed by atoms with Crippen LogP contribution in [0, 0.1) is 5.92 Å². The van der Waals surface area contributed by atoms with Crippen molar-refractivity contribution in [2.24, 2.45) is 5.92 Å². The molecule has 0 unspecified atom stereocenters. The number of rotatable bonds is 1. The molecule has 0 bridgehead atoms. The molecule has 1 saturated heterocycles. The van der Waals surface area contributed by atoms with Crippen molar-refractivity contribution in [3.8, 4) is 11.5 Å². The third kappa shape index (κ3) is 1.67. The van der Waals surface area contributed by atoms with Gasteiger partial charge in [0.1, 0.15) is 0 Å². The lowest BCUT2D eigenvalue weighted by Gasteiger charge is -2.26. The molecule has 80 valence electrons. The van der Waals surface area contributed by atoms with Gasteiger partial charge in [0.15, 0.2) is 11.5 Å². The molecule has 1 aromatic rings. The largest absolute Gasteiger partial charge is 0.451 e. The molecule has 15 heavy (non-hydrogen) atoms. The summed E-state index contributed by atoms with van der Waals surface area (Å²) < 4.78 is 11.6. The van der Waals surface area contributed by atoms with E-state index >= 15 is 0 Å². The average Bonchev–Trinajstić information content (AvgIpc) is 2.74. The van der Waals surface area contributed by atoms with E-state index in [0.29, 0.717) is 5.92 Å². The number of benzene rings is 1. The lowest BCUT2D eigenvalue weighted by atomic mass is 9.98. The first kappa shape index (κ1) is 9.04. The van der Waals surface area contributed by atoms with E-state index in [1.165, 1.54) is 0 Å². The zero-order chi connectivity index (χ0) is 10.1. The second-order valence-corrected chi connectivity index (χ2v) is 4.14. The molecule has 1 aromatic carbocycles. The van der Waals surface area contributed by atoms with Crippen LogP contribution in [-0.4, -0.2) is 19.4 Å². The van der Waals surface area contributed by atoms with E-state index < -0.39 is 0 Å². The summed E-state index contributed by atoms with van der Waals surface area (Å²) in [7, 11) is 0. The van der Waals surface area contributed by atoms with E-state index in [-0.39, 0.29) is 6.29 Å². The molecule has 3 nitrogen and oxygen atoms in total. The molecule has 2 aliphatic heterocycles. The fourth-order valence-electron chi connectivity index (χ4n) is 2.23. The molecule has 1 N–H and O–H groups in total. The van der Waals surface area contributed by atoms with E-state index in [0.717, 1.165) is 37.4 Å². The summed E-state index contributed by atoms with van der Waals surface area (Å²) in [6.07, 6.45) is 2.21. The van der Waals surface area contributed by atoms with Crippen molar-refractivity contribution >= 4 is 0 Å². The van der Waals surface area contributed by atoms with Gasteiger partial charge in [-0.15, -0.1) is 0 Å². The van der Waals surface area contributed by atoms with Gasteiger partial charge in [-0.05, 0) is 38.1 Å². The average molecular weight is 205 g/mol. The van der Waals surface area contributed by atoms with Crippen LogP contribution in [0.25, 0.3) is 0 Å². The Kier molecular flexibility index (Phi) is 2.25. The number of para-hydroxylation sites is 2. The molecule has 0 aliphatic carbocycles. The monoisotopic (exact) mass is 205 g/mol. The Hall–Kier alpha value is -1.22. The fourth-order valence-corrected chi connectivity index (χ4v) is 2.23. The maximum absolute atomic E-state index is 5.80. The maximum atomic E-state index is 5.80. The molecule has 0 spiro atoms. The fraction of sp³-hybridized carbons (Fsp3) is 0.500. The Morgan fingerprint density at radius 2 is 1.60 bits per heavy atom. The van der Waals surface area contributed by atoms with Gasteiger partial charge in [-0.3, -0.25) is 0 Å². The minimum absolute atomic E-state index is 0.0653. The molecule has 2 aliphatic rings. The summed E-state index contributed by atoms with van der Waals surface area (Å²) in [5, 5.41) is 3.35. The van der Waals surface area contributed by atoms with Gasteiger partial charge < -0.3 is 14.8 Å². The van der Waals surface area contributed by atoms with Gasteiger partial charge in [0.25, 0.3) is 0 Å². The summed E-state index contributed by atoms with van der Waals surface area (Å²) in [6.45, 7) is 2.15. The van der Waals surface area contributed by atoms with Crippen molar-refractivity contribution in [3.63, 3.8) is 0 Å². The van der Waals surface area contributed by atoms with Crippen LogP contribution in [0.1, 0.15) is 12.8 Å². The standard InChI is InChI=1S/C12H15NO2/c1-2-4-11-10(3-1)14-12(15-11)9-5-7-13-8-6-9/h1-4,9,12-13H,5-8H2. The van der Waals surface area contributed by atoms with Gasteiger partial charge >= 0.3 is 0 Å². The minimum atomic E-state index is -0.0653. The smallest absolute Gasteiger partial charge is 0.244 e. The molecule has 1 fully saturated rings. The van der Waals surface area contributed by atoms with Crippen LogP contribution in [0.5, 0.6) is 11.5 Å². The van der Waals surface area contributed by atoms with E-state index in [2.05, 4.69) is 5.32 Å². The number of piperidine rings is 1. The normalized spacial score (nSPS) is 21.9. The van der Waals surface area contributed by atoms with Gasteiger partial charge in [-0.2, -0.15) is 0 Å². The van der Waals surface area contributed by atoms with Crippen LogP contribution in [0.15, 0.2) is 24.3 Å². The highest BCUT2D eigenvalue weighted by Crippen LogP contribution is 2.37. The number of nitrogens with one attached hydrogen (secondary N) is 1. The summed E-state index contributed by atoms with van der Waals surface area (Å²) in [5.74, 6) is 2.31. The number of hydrogen-bond donors (Lipinski definition) is 1. The zero-order valence-electron chi connectivity index (χ0n) is 8.61. The van der Waals surface area contributed by atoms with Crippen molar-refractivity contribution in [3.05, 3.63) is 24.3 Å². The lowest BCUT2D eigenvalue weighted by Crippen LogP contribution is -2.37. The van der Waals surface area contributed by atoms with Crippen LogP contribution in [0.2, 0.25) is 0 Å². The lowest BCUT2D eigenvalue weighted by molar-refractivity contribution is -0.0149. The Morgan fingerprint density at radius 1 is 1.00 bits per heavy atom. The molecule has 0 aromatic heterocycles. The molecular weight excluding hydrogens is 190 g/mol. The molecule has 0 radical (unpaired) electrons. The second kappa shape index (κ2) is 3.74. The third-order valence-electron chi connectivity index (χ3n) is 3.10. The van der Waals surface area contributed by atoms with E-state index in [1.54, 1.807) is 0 Å².